The Labute approximate surface area is 179 Å². The van der Waals surface area contributed by atoms with E-state index in [-0.39, 0.29) is 5.89 Å². The minimum atomic E-state index is -2.81. The van der Waals surface area contributed by atoms with Crippen molar-refractivity contribution in [3.63, 3.8) is 0 Å². The molecule has 2 heterocycles. The van der Waals surface area contributed by atoms with Gasteiger partial charge in [0.05, 0.1) is 21.6 Å². The Bertz CT molecular complexity index is 1250. The Kier molecular flexibility index (Phi) is 5.69. The van der Waals surface area contributed by atoms with Gasteiger partial charge in [0.2, 0.25) is 5.89 Å². The fraction of sp³-hybridized carbons (Fsp3) is 0.100. The normalized spacial score (nSPS) is 11.9. The van der Waals surface area contributed by atoms with Gasteiger partial charge in [0.25, 0.3) is 5.89 Å². The van der Waals surface area contributed by atoms with Crippen molar-refractivity contribution in [2.24, 2.45) is 10.8 Å². The maximum atomic E-state index is 12.6. The molecule has 2 aromatic carbocycles. The third kappa shape index (κ3) is 4.57. The number of thiazole rings is 1. The van der Waals surface area contributed by atoms with Crippen LogP contribution >= 0.6 is 11.3 Å². The molecule has 4 aromatic rings. The first kappa shape index (κ1) is 20.6. The Hall–Kier alpha value is -3.70. The molecule has 0 unspecified atom stereocenters. The zero-order chi connectivity index (χ0) is 22.0. The summed E-state index contributed by atoms with van der Waals surface area (Å²) in [6, 6.07) is 12.6. The second-order valence-electron chi connectivity index (χ2n) is 6.51. The topological polar surface area (TPSA) is 119 Å². The number of alkyl halides is 2. The average molecular weight is 441 g/mol. The predicted octanol–water partition coefficient (Wildman–Crippen LogP) is 4.33. The minimum Gasteiger partial charge on any atom is -0.415 e. The molecule has 158 valence electrons. The van der Waals surface area contributed by atoms with Gasteiger partial charge in [0.1, 0.15) is 0 Å². The molecule has 0 spiro atoms. The third-order valence-corrected chi connectivity index (χ3v) is 5.24. The number of hydrogen-bond donors (Lipinski definition) is 2. The first-order chi connectivity index (χ1) is 14.9. The van der Waals surface area contributed by atoms with Crippen LogP contribution in [0, 0.1) is 0 Å². The van der Waals surface area contributed by atoms with Gasteiger partial charge in [-0.3, -0.25) is 10.0 Å². The minimum absolute atomic E-state index is 0.0340. The summed E-state index contributed by atoms with van der Waals surface area (Å²) in [6.07, 6.45) is -0.668. The number of fused-ring (bicyclic) bond motifs is 1. The fourth-order valence-corrected chi connectivity index (χ4v) is 3.65. The molecular formula is C20H17F2N7OS. The molecule has 0 bridgehead atoms. The van der Waals surface area contributed by atoms with Crippen LogP contribution in [0.1, 0.15) is 17.9 Å². The van der Waals surface area contributed by atoms with E-state index < -0.39 is 12.3 Å². The molecule has 0 saturated heterocycles. The summed E-state index contributed by atoms with van der Waals surface area (Å²) >= 11 is 1.38. The summed E-state index contributed by atoms with van der Waals surface area (Å²) < 4.78 is 31.1. The Morgan fingerprint density at radius 3 is 2.68 bits per heavy atom. The van der Waals surface area contributed by atoms with E-state index in [0.717, 1.165) is 21.5 Å². The second kappa shape index (κ2) is 8.58. The number of benzene rings is 2. The molecule has 4 rings (SSSR count). The lowest BCUT2D eigenvalue weighted by Crippen LogP contribution is -2.24. The van der Waals surface area contributed by atoms with E-state index in [2.05, 4.69) is 26.9 Å². The van der Waals surface area contributed by atoms with Crippen LogP contribution in [-0.4, -0.2) is 21.9 Å². The van der Waals surface area contributed by atoms with Crippen molar-refractivity contribution in [2.75, 3.05) is 10.7 Å². The molecule has 0 aliphatic carbocycles. The summed E-state index contributed by atoms with van der Waals surface area (Å²) in [5, 5.41) is 8.92. The number of allylic oxidation sites excluding steroid dienone is 1. The van der Waals surface area contributed by atoms with E-state index >= 15 is 0 Å². The van der Waals surface area contributed by atoms with Crippen LogP contribution < -0.4 is 16.6 Å². The highest BCUT2D eigenvalue weighted by molar-refractivity contribution is 7.22. The smallest absolute Gasteiger partial charge is 0.314 e. The predicted molar refractivity (Wildman–Crippen MR) is 117 cm³/mol. The molecule has 11 heteroatoms. The highest BCUT2D eigenvalue weighted by Gasteiger charge is 2.17. The molecule has 2 aromatic heterocycles. The average Bonchev–Trinajstić information content (AvgIpc) is 3.39. The Morgan fingerprint density at radius 1 is 1.23 bits per heavy atom. The highest BCUT2D eigenvalue weighted by Crippen LogP contribution is 2.28. The molecule has 0 amide bonds. The zero-order valence-electron chi connectivity index (χ0n) is 16.1. The summed E-state index contributed by atoms with van der Waals surface area (Å²) in [4.78, 5) is 8.28. The lowest BCUT2D eigenvalue weighted by Gasteiger charge is -2.15. The van der Waals surface area contributed by atoms with Crippen LogP contribution in [-0.2, 0) is 6.42 Å². The molecule has 0 fully saturated rings. The van der Waals surface area contributed by atoms with Gasteiger partial charge in [-0.2, -0.15) is 8.78 Å². The summed E-state index contributed by atoms with van der Waals surface area (Å²) in [5.74, 6) is 5.51. The summed E-state index contributed by atoms with van der Waals surface area (Å²) in [7, 11) is 0. The number of rotatable bonds is 7. The lowest BCUT2D eigenvalue weighted by molar-refractivity contribution is 0.116. The number of anilines is 2. The molecular weight excluding hydrogens is 424 g/mol. The number of nitrogens with two attached hydrogens (primary N) is 2. The molecule has 31 heavy (non-hydrogen) atoms. The van der Waals surface area contributed by atoms with E-state index in [1.54, 1.807) is 18.3 Å². The van der Waals surface area contributed by atoms with Crippen LogP contribution in [0.25, 0.3) is 21.7 Å². The van der Waals surface area contributed by atoms with Gasteiger partial charge in [0, 0.05) is 18.2 Å². The third-order valence-electron chi connectivity index (χ3n) is 4.39. The molecule has 0 radical (unpaired) electrons. The number of nitrogens with zero attached hydrogens (tertiary/aromatic N) is 5. The van der Waals surface area contributed by atoms with E-state index in [0.29, 0.717) is 22.8 Å². The largest absolute Gasteiger partial charge is 0.415 e. The Morgan fingerprint density at radius 2 is 2.00 bits per heavy atom. The molecule has 0 aliphatic heterocycles. The van der Waals surface area contributed by atoms with Crippen LogP contribution in [0.2, 0.25) is 0 Å². The number of hydrazine groups is 1. The van der Waals surface area contributed by atoms with Crippen LogP contribution in [0.4, 0.5) is 19.6 Å². The quantitative estimate of drug-likeness (QED) is 0.249. The van der Waals surface area contributed by atoms with Crippen molar-refractivity contribution in [3.05, 3.63) is 65.8 Å². The van der Waals surface area contributed by atoms with Crippen LogP contribution in [0.15, 0.2) is 63.8 Å². The van der Waals surface area contributed by atoms with Crippen molar-refractivity contribution in [2.45, 2.75) is 12.8 Å². The van der Waals surface area contributed by atoms with E-state index in [1.165, 1.54) is 16.3 Å². The van der Waals surface area contributed by atoms with Gasteiger partial charge in [-0.05, 0) is 42.6 Å². The number of aromatic nitrogens is 3. The maximum Gasteiger partial charge on any atom is 0.314 e. The first-order valence-corrected chi connectivity index (χ1v) is 9.83. The van der Waals surface area contributed by atoms with Gasteiger partial charge >= 0.3 is 6.43 Å². The van der Waals surface area contributed by atoms with E-state index in [1.807, 2.05) is 30.3 Å². The van der Waals surface area contributed by atoms with Gasteiger partial charge in [0.15, 0.2) is 5.13 Å². The van der Waals surface area contributed by atoms with Crippen molar-refractivity contribution in [1.82, 2.24) is 15.2 Å². The second-order valence-corrected chi connectivity index (χ2v) is 7.57. The van der Waals surface area contributed by atoms with Gasteiger partial charge in [-0.1, -0.05) is 23.5 Å². The highest BCUT2D eigenvalue weighted by atomic mass is 32.1. The maximum absolute atomic E-state index is 12.6. The Balaban J connectivity index is 1.49. The number of hydrogen-bond acceptors (Lipinski definition) is 9. The molecule has 0 aliphatic rings. The number of aliphatic imine (C=N–C) groups is 1. The van der Waals surface area contributed by atoms with Gasteiger partial charge in [-0.15, -0.1) is 10.2 Å². The number of halogens is 2. The zero-order valence-corrected chi connectivity index (χ0v) is 16.9. The van der Waals surface area contributed by atoms with Gasteiger partial charge in [-0.25, -0.2) is 10.8 Å². The standard InChI is InChI=1S/C20H17F2N7OS/c1-25-13(10-29(24)14-6-7-15-16(9-14)31-20(23)26-15)8-11-2-4-12(5-3-11)18-27-28-19(30-18)17(21)22/h2-7,9-10,17H,1,8,24H2,(H2,23,26)/b13-10-. The van der Waals surface area contributed by atoms with E-state index in [9.17, 15) is 8.78 Å². The number of nitrogen functional groups attached to an aromatic ring is 1. The van der Waals surface area contributed by atoms with Crippen molar-refractivity contribution < 1.29 is 13.2 Å². The van der Waals surface area contributed by atoms with Crippen molar-refractivity contribution >= 4 is 39.1 Å². The fourth-order valence-electron chi connectivity index (χ4n) is 2.88. The SMILES string of the molecule is C=N/C(=C\N(N)c1ccc2nc(N)sc2c1)Cc1ccc(-c2nnc(C(F)F)o2)cc1. The summed E-state index contributed by atoms with van der Waals surface area (Å²) in [5.41, 5.74) is 9.40. The first-order valence-electron chi connectivity index (χ1n) is 9.01. The van der Waals surface area contributed by atoms with Crippen molar-refractivity contribution in [3.8, 4) is 11.5 Å². The monoisotopic (exact) mass is 441 g/mol. The summed E-state index contributed by atoms with van der Waals surface area (Å²) in [6.45, 7) is 3.61. The van der Waals surface area contributed by atoms with E-state index in [4.69, 9.17) is 16.0 Å². The van der Waals surface area contributed by atoms with Crippen molar-refractivity contribution in [1.29, 1.82) is 0 Å². The lowest BCUT2D eigenvalue weighted by atomic mass is 10.1. The molecule has 8 nitrogen and oxygen atoms in total. The van der Waals surface area contributed by atoms with Gasteiger partial charge < -0.3 is 10.2 Å². The van der Waals surface area contributed by atoms with Crippen LogP contribution in [0.3, 0.4) is 0 Å². The molecule has 0 saturated carbocycles. The molecule has 4 N–H and O–H groups in total. The van der Waals surface area contributed by atoms with Crippen LogP contribution in [0.5, 0.6) is 0 Å². The molecule has 0 atom stereocenters.